The molecule has 18 heavy (non-hydrogen) atoms. The van der Waals surface area contributed by atoms with Crippen LogP contribution in [0, 0.1) is 0 Å². The second-order valence-corrected chi connectivity index (χ2v) is 6.17. The van der Waals surface area contributed by atoms with E-state index >= 15 is 0 Å². The van der Waals surface area contributed by atoms with Crippen LogP contribution < -0.4 is 0 Å². The zero-order valence-corrected chi connectivity index (χ0v) is 12.4. The molecule has 0 spiro atoms. The minimum Gasteiger partial charge on any atom is -0.282 e. The lowest BCUT2D eigenvalue weighted by Gasteiger charge is -2.14. The van der Waals surface area contributed by atoms with Crippen LogP contribution in [0.3, 0.4) is 0 Å². The molecule has 0 aromatic rings. The van der Waals surface area contributed by atoms with Gasteiger partial charge in [0, 0.05) is 14.4 Å². The van der Waals surface area contributed by atoms with Gasteiger partial charge in [-0.3, -0.25) is 14.5 Å². The van der Waals surface area contributed by atoms with Crippen molar-refractivity contribution in [2.75, 3.05) is 12.3 Å². The van der Waals surface area contributed by atoms with Crippen molar-refractivity contribution < 1.29 is 11.0 Å². The first-order valence-corrected chi connectivity index (χ1v) is 8.21. The number of likely N-dealkylation sites (tertiary alicyclic amines) is 1. The van der Waals surface area contributed by atoms with Crippen molar-refractivity contribution in [3.63, 3.8) is 0 Å². The molecular formula is C14H27NO2S. The van der Waals surface area contributed by atoms with Gasteiger partial charge in [0.15, 0.2) is 0 Å². The fourth-order valence-electron chi connectivity index (χ4n) is 2.08. The lowest BCUT2D eigenvalue weighted by atomic mass is 10.2. The Bertz CT molecular complexity index is 287. The highest BCUT2D eigenvalue weighted by Crippen LogP contribution is 2.26. The van der Waals surface area contributed by atoms with Crippen molar-refractivity contribution >= 4 is 23.6 Å². The van der Waals surface area contributed by atoms with Crippen molar-refractivity contribution in [3.8, 4) is 0 Å². The van der Waals surface area contributed by atoms with Gasteiger partial charge in [0.1, 0.15) is 0 Å². The van der Waals surface area contributed by atoms with Crippen LogP contribution in [-0.4, -0.2) is 34.3 Å². The van der Waals surface area contributed by atoms with Crippen LogP contribution in [0.25, 0.3) is 0 Å². The number of thioether (sulfide) groups is 1. The fourth-order valence-corrected chi connectivity index (χ4v) is 3.35. The van der Waals surface area contributed by atoms with Crippen LogP contribution in [0.15, 0.2) is 0 Å². The van der Waals surface area contributed by atoms with Crippen molar-refractivity contribution in [1.29, 1.82) is 0 Å². The van der Waals surface area contributed by atoms with Crippen LogP contribution in [-0.2, 0) is 9.59 Å². The van der Waals surface area contributed by atoms with E-state index in [0.29, 0.717) is 13.0 Å². The van der Waals surface area contributed by atoms with Gasteiger partial charge < -0.3 is 0 Å². The largest absolute Gasteiger partial charge is 0.282 e. The van der Waals surface area contributed by atoms with E-state index in [2.05, 4.69) is 13.8 Å². The summed E-state index contributed by atoms with van der Waals surface area (Å²) in [5.74, 6) is 1.08. The first-order valence-electron chi connectivity index (χ1n) is 7.16. The number of hydrogen-bond acceptors (Lipinski definition) is 3. The third-order valence-corrected chi connectivity index (χ3v) is 4.55. The molecular weight excluding hydrogens is 246 g/mol. The van der Waals surface area contributed by atoms with Crippen LogP contribution in [0.4, 0.5) is 0 Å². The maximum atomic E-state index is 12.1. The van der Waals surface area contributed by atoms with Gasteiger partial charge in [0.2, 0.25) is 11.8 Å². The van der Waals surface area contributed by atoms with Gasteiger partial charge in [-0.05, 0) is 18.6 Å². The smallest absolute Gasteiger partial charge is 0.242 e. The molecule has 1 fully saturated rings. The Hall–Kier alpha value is -0.510. The summed E-state index contributed by atoms with van der Waals surface area (Å²) in [7, 11) is 0. The Labute approximate surface area is 116 Å². The number of imide groups is 1. The zero-order valence-electron chi connectivity index (χ0n) is 11.6. The molecule has 1 rings (SSSR count). The molecule has 4 heteroatoms. The number of hydrogen-bond donors (Lipinski definition) is 0. The van der Waals surface area contributed by atoms with Gasteiger partial charge in [-0.15, -0.1) is 11.8 Å². The zero-order chi connectivity index (χ0) is 13.4. The molecule has 106 valence electrons. The maximum absolute atomic E-state index is 12.1. The number of unbranched alkanes of at least 4 members (excludes halogenated alkanes) is 4. The van der Waals surface area contributed by atoms with Crippen LogP contribution >= 0.6 is 11.8 Å². The SMILES string of the molecule is CCCCCCN1C(=O)CC(SCCCC)C1=O.[HH]. The number of carbonyl (C=O) groups excluding carboxylic acids is 2. The molecule has 1 atom stereocenters. The summed E-state index contributed by atoms with van der Waals surface area (Å²) in [6, 6.07) is 0. The van der Waals surface area contributed by atoms with Gasteiger partial charge in [-0.2, -0.15) is 0 Å². The molecule has 1 unspecified atom stereocenters. The highest BCUT2D eigenvalue weighted by Gasteiger charge is 2.37. The Morgan fingerprint density at radius 3 is 2.56 bits per heavy atom. The number of carbonyl (C=O) groups is 2. The molecule has 1 aliphatic rings. The van der Waals surface area contributed by atoms with Crippen LogP contribution in [0.2, 0.25) is 0 Å². The van der Waals surface area contributed by atoms with Gasteiger partial charge in [-0.25, -0.2) is 0 Å². The molecule has 0 aromatic carbocycles. The molecule has 2 amide bonds. The summed E-state index contributed by atoms with van der Waals surface area (Å²) in [6.07, 6.45) is 7.11. The lowest BCUT2D eigenvalue weighted by molar-refractivity contribution is -0.138. The topological polar surface area (TPSA) is 37.4 Å². The van der Waals surface area contributed by atoms with E-state index in [0.717, 1.165) is 31.4 Å². The highest BCUT2D eigenvalue weighted by molar-refractivity contribution is 8.00. The lowest BCUT2D eigenvalue weighted by Crippen LogP contribution is -2.32. The molecule has 0 N–H and O–H groups in total. The van der Waals surface area contributed by atoms with Gasteiger partial charge in [-0.1, -0.05) is 39.5 Å². The molecule has 0 saturated carbocycles. The van der Waals surface area contributed by atoms with Crippen molar-refractivity contribution in [2.45, 2.75) is 64.0 Å². The summed E-state index contributed by atoms with van der Waals surface area (Å²) >= 11 is 1.66. The summed E-state index contributed by atoms with van der Waals surface area (Å²) in [5.41, 5.74) is 0. The molecule has 0 bridgehead atoms. The van der Waals surface area contributed by atoms with Gasteiger partial charge in [0.05, 0.1) is 5.25 Å². The first-order chi connectivity index (χ1) is 8.70. The quantitative estimate of drug-likeness (QED) is 0.477. The summed E-state index contributed by atoms with van der Waals surface area (Å²) in [6.45, 7) is 4.93. The predicted octanol–water partition coefficient (Wildman–Crippen LogP) is 3.47. The van der Waals surface area contributed by atoms with Gasteiger partial charge in [0.25, 0.3) is 0 Å². The van der Waals surface area contributed by atoms with E-state index in [1.807, 2.05) is 0 Å². The molecule has 1 aliphatic heterocycles. The van der Waals surface area contributed by atoms with E-state index in [1.165, 1.54) is 17.7 Å². The highest BCUT2D eigenvalue weighted by atomic mass is 32.2. The third-order valence-electron chi connectivity index (χ3n) is 3.25. The van der Waals surface area contributed by atoms with E-state index in [9.17, 15) is 9.59 Å². The van der Waals surface area contributed by atoms with Crippen LogP contribution in [0.1, 0.15) is 60.2 Å². The second kappa shape index (κ2) is 8.57. The summed E-state index contributed by atoms with van der Waals surface area (Å²) in [5, 5.41) is -0.102. The van der Waals surface area contributed by atoms with Crippen LogP contribution in [0.5, 0.6) is 0 Å². The predicted molar refractivity (Wildman–Crippen MR) is 78.7 cm³/mol. The average molecular weight is 273 g/mol. The molecule has 0 aromatic heterocycles. The monoisotopic (exact) mass is 273 g/mol. The standard InChI is InChI=1S/C14H25NO2S.H2/c1-3-5-7-8-9-15-13(16)11-12(14(15)17)18-10-6-4-2;/h12H,3-11H2,1-2H3;1H. The number of rotatable bonds is 9. The summed E-state index contributed by atoms with van der Waals surface area (Å²) < 4.78 is 0. The minimum atomic E-state index is -0.102. The normalized spacial score (nSPS) is 19.9. The Morgan fingerprint density at radius 2 is 1.89 bits per heavy atom. The Balaban J connectivity index is 0.00000324. The average Bonchev–Trinajstić information content (AvgIpc) is 2.62. The molecule has 3 nitrogen and oxygen atoms in total. The Morgan fingerprint density at radius 1 is 1.17 bits per heavy atom. The molecule has 1 heterocycles. The maximum Gasteiger partial charge on any atom is 0.242 e. The Kier molecular flexibility index (Phi) is 7.40. The number of nitrogens with zero attached hydrogens (tertiary/aromatic N) is 1. The third kappa shape index (κ3) is 4.63. The minimum absolute atomic E-state index is 0. The van der Waals surface area contributed by atoms with Crippen molar-refractivity contribution in [3.05, 3.63) is 0 Å². The molecule has 1 saturated heterocycles. The van der Waals surface area contributed by atoms with E-state index < -0.39 is 0 Å². The summed E-state index contributed by atoms with van der Waals surface area (Å²) in [4.78, 5) is 25.3. The van der Waals surface area contributed by atoms with E-state index in [4.69, 9.17) is 0 Å². The second-order valence-electron chi connectivity index (χ2n) is 4.86. The van der Waals surface area contributed by atoms with Crippen molar-refractivity contribution in [1.82, 2.24) is 4.90 Å². The fraction of sp³-hybridized carbons (Fsp3) is 0.857. The van der Waals surface area contributed by atoms with E-state index in [-0.39, 0.29) is 18.5 Å². The molecule has 0 aliphatic carbocycles. The van der Waals surface area contributed by atoms with Gasteiger partial charge >= 0.3 is 0 Å². The van der Waals surface area contributed by atoms with Crippen molar-refractivity contribution in [2.24, 2.45) is 0 Å². The molecule has 0 radical (unpaired) electrons. The first kappa shape index (κ1) is 15.5. The number of amides is 2. The van der Waals surface area contributed by atoms with E-state index in [1.54, 1.807) is 11.8 Å².